The Balaban J connectivity index is 1.68. The SMILES string of the molecule is COc1ccc(OC(C)=O)c(C)c1[C@H]1CO[C@]2(CCCN[C@H]2c2ccccc2)C1. The van der Waals surface area contributed by atoms with E-state index >= 15 is 0 Å². The minimum atomic E-state index is -0.316. The van der Waals surface area contributed by atoms with Gasteiger partial charge in [-0.25, -0.2) is 0 Å². The molecular weight excluding hydrogens is 366 g/mol. The van der Waals surface area contributed by atoms with E-state index in [2.05, 4.69) is 29.6 Å². The zero-order chi connectivity index (χ0) is 20.4. The van der Waals surface area contributed by atoms with Crippen LogP contribution in [0.5, 0.6) is 11.5 Å². The molecule has 2 aromatic carbocycles. The van der Waals surface area contributed by atoms with Gasteiger partial charge in [-0.1, -0.05) is 30.3 Å². The number of methoxy groups -OCH3 is 1. The van der Waals surface area contributed by atoms with Crippen molar-refractivity contribution in [2.24, 2.45) is 0 Å². The van der Waals surface area contributed by atoms with E-state index in [1.54, 1.807) is 13.2 Å². The molecule has 5 nitrogen and oxygen atoms in total. The van der Waals surface area contributed by atoms with Gasteiger partial charge in [0.1, 0.15) is 11.5 Å². The molecule has 2 saturated heterocycles. The van der Waals surface area contributed by atoms with Crippen molar-refractivity contribution >= 4 is 5.97 Å². The molecule has 29 heavy (non-hydrogen) atoms. The second kappa shape index (κ2) is 8.17. The summed E-state index contributed by atoms with van der Waals surface area (Å²) in [6, 6.07) is 14.4. The molecule has 0 radical (unpaired) electrons. The number of carbonyl (C=O) groups is 1. The Morgan fingerprint density at radius 2 is 1.93 bits per heavy atom. The molecule has 2 aromatic rings. The summed E-state index contributed by atoms with van der Waals surface area (Å²) in [5.74, 6) is 1.29. The van der Waals surface area contributed by atoms with Crippen molar-refractivity contribution in [3.63, 3.8) is 0 Å². The fourth-order valence-corrected chi connectivity index (χ4v) is 5.03. The molecule has 2 heterocycles. The van der Waals surface area contributed by atoms with Crippen LogP contribution in [0.25, 0.3) is 0 Å². The van der Waals surface area contributed by atoms with Crippen LogP contribution in [-0.2, 0) is 9.53 Å². The molecule has 0 saturated carbocycles. The van der Waals surface area contributed by atoms with Crippen molar-refractivity contribution in [3.8, 4) is 11.5 Å². The molecule has 0 aliphatic carbocycles. The molecule has 3 atom stereocenters. The summed E-state index contributed by atoms with van der Waals surface area (Å²) in [7, 11) is 1.68. The summed E-state index contributed by atoms with van der Waals surface area (Å²) in [5, 5.41) is 3.70. The van der Waals surface area contributed by atoms with Crippen molar-refractivity contribution in [2.45, 2.75) is 50.7 Å². The quantitative estimate of drug-likeness (QED) is 0.618. The first kappa shape index (κ1) is 19.9. The van der Waals surface area contributed by atoms with Gasteiger partial charge < -0.3 is 19.5 Å². The van der Waals surface area contributed by atoms with Crippen LogP contribution in [0.15, 0.2) is 42.5 Å². The highest BCUT2D eigenvalue weighted by Gasteiger charge is 2.49. The first-order valence-electron chi connectivity index (χ1n) is 10.3. The maximum atomic E-state index is 11.5. The fraction of sp³-hybridized carbons (Fsp3) is 0.458. The number of piperidine rings is 1. The van der Waals surface area contributed by atoms with Gasteiger partial charge in [-0.15, -0.1) is 0 Å². The first-order chi connectivity index (χ1) is 14.0. The number of ether oxygens (including phenoxy) is 3. The largest absolute Gasteiger partial charge is 0.496 e. The predicted molar refractivity (Wildman–Crippen MR) is 112 cm³/mol. The van der Waals surface area contributed by atoms with E-state index in [1.165, 1.54) is 12.5 Å². The first-order valence-corrected chi connectivity index (χ1v) is 10.3. The third-order valence-corrected chi connectivity index (χ3v) is 6.26. The van der Waals surface area contributed by atoms with Gasteiger partial charge in [-0.3, -0.25) is 4.79 Å². The topological polar surface area (TPSA) is 56.8 Å². The highest BCUT2D eigenvalue weighted by molar-refractivity contribution is 5.70. The lowest BCUT2D eigenvalue weighted by molar-refractivity contribution is -0.131. The van der Waals surface area contributed by atoms with Crippen molar-refractivity contribution in [1.82, 2.24) is 5.32 Å². The van der Waals surface area contributed by atoms with Gasteiger partial charge in [-0.2, -0.15) is 0 Å². The van der Waals surface area contributed by atoms with E-state index < -0.39 is 0 Å². The van der Waals surface area contributed by atoms with Gasteiger partial charge >= 0.3 is 5.97 Å². The monoisotopic (exact) mass is 395 g/mol. The summed E-state index contributed by atoms with van der Waals surface area (Å²) in [4.78, 5) is 11.5. The third-order valence-electron chi connectivity index (χ3n) is 6.26. The van der Waals surface area contributed by atoms with Crippen molar-refractivity contribution in [1.29, 1.82) is 0 Å². The van der Waals surface area contributed by atoms with Gasteiger partial charge in [0.25, 0.3) is 0 Å². The second-order valence-corrected chi connectivity index (χ2v) is 8.08. The number of hydrogen-bond acceptors (Lipinski definition) is 5. The van der Waals surface area contributed by atoms with Crippen molar-refractivity contribution < 1.29 is 19.0 Å². The van der Waals surface area contributed by atoms with Crippen LogP contribution < -0.4 is 14.8 Å². The molecule has 1 N–H and O–H groups in total. The molecule has 2 fully saturated rings. The number of benzene rings is 2. The standard InChI is InChI=1S/C24H29NO4/c1-16-20(29-17(2)26)10-11-21(27-3)22(16)19-14-24(28-15-19)12-7-13-25-23(24)18-8-5-4-6-9-18/h4-6,8-11,19,23,25H,7,12-15H2,1-3H3/t19-,23+,24-/m1/s1. The van der Waals surface area contributed by atoms with E-state index in [9.17, 15) is 4.79 Å². The van der Waals surface area contributed by atoms with Crippen LogP contribution >= 0.6 is 0 Å². The molecule has 0 aromatic heterocycles. The van der Waals surface area contributed by atoms with E-state index in [1.807, 2.05) is 19.1 Å². The molecule has 4 rings (SSSR count). The highest BCUT2D eigenvalue weighted by Crippen LogP contribution is 2.50. The fourth-order valence-electron chi connectivity index (χ4n) is 5.03. The lowest BCUT2D eigenvalue weighted by atomic mass is 9.76. The average molecular weight is 395 g/mol. The van der Waals surface area contributed by atoms with Gasteiger partial charge in [0.05, 0.1) is 25.4 Å². The smallest absolute Gasteiger partial charge is 0.308 e. The predicted octanol–water partition coefficient (Wildman–Crippen LogP) is 4.30. The van der Waals surface area contributed by atoms with Crippen LogP contribution in [0.1, 0.15) is 54.8 Å². The van der Waals surface area contributed by atoms with E-state index in [4.69, 9.17) is 14.2 Å². The number of nitrogens with one attached hydrogen (secondary N) is 1. The van der Waals surface area contributed by atoms with Crippen LogP contribution in [0.4, 0.5) is 0 Å². The van der Waals surface area contributed by atoms with Crippen LogP contribution in [0, 0.1) is 6.92 Å². The number of rotatable bonds is 4. The molecule has 2 aliphatic heterocycles. The Labute approximate surface area is 172 Å². The minimum Gasteiger partial charge on any atom is -0.496 e. The maximum Gasteiger partial charge on any atom is 0.308 e. The lowest BCUT2D eigenvalue weighted by Gasteiger charge is -2.41. The number of esters is 1. The summed E-state index contributed by atoms with van der Waals surface area (Å²) >= 11 is 0. The average Bonchev–Trinajstić information content (AvgIpc) is 3.13. The summed E-state index contributed by atoms with van der Waals surface area (Å²) in [6.07, 6.45) is 3.03. The van der Waals surface area contributed by atoms with Gasteiger partial charge in [0.15, 0.2) is 0 Å². The number of hydrogen-bond donors (Lipinski definition) is 1. The molecule has 2 aliphatic rings. The summed E-state index contributed by atoms with van der Waals surface area (Å²) in [6.45, 7) is 5.05. The second-order valence-electron chi connectivity index (χ2n) is 8.08. The van der Waals surface area contributed by atoms with Gasteiger partial charge in [-0.05, 0) is 56.0 Å². The molecule has 154 valence electrons. The van der Waals surface area contributed by atoms with E-state index in [0.717, 1.165) is 42.7 Å². The van der Waals surface area contributed by atoms with Gasteiger partial charge in [0.2, 0.25) is 0 Å². The van der Waals surface area contributed by atoms with Crippen molar-refractivity contribution in [2.75, 3.05) is 20.3 Å². The van der Waals surface area contributed by atoms with E-state index in [0.29, 0.717) is 12.4 Å². The van der Waals surface area contributed by atoms with Crippen LogP contribution in [-0.4, -0.2) is 31.8 Å². The highest BCUT2D eigenvalue weighted by atomic mass is 16.5. The molecule has 0 unspecified atom stereocenters. The third kappa shape index (κ3) is 3.77. The normalized spacial score (nSPS) is 26.4. The van der Waals surface area contributed by atoms with Gasteiger partial charge in [0, 0.05) is 18.4 Å². The Morgan fingerprint density at radius 1 is 1.17 bits per heavy atom. The maximum absolute atomic E-state index is 11.5. The Hall–Kier alpha value is -2.37. The molecule has 0 amide bonds. The van der Waals surface area contributed by atoms with Crippen molar-refractivity contribution in [3.05, 3.63) is 59.2 Å². The zero-order valence-corrected chi connectivity index (χ0v) is 17.4. The Kier molecular flexibility index (Phi) is 5.61. The van der Waals surface area contributed by atoms with Crippen LogP contribution in [0.2, 0.25) is 0 Å². The van der Waals surface area contributed by atoms with E-state index in [-0.39, 0.29) is 23.5 Å². The molecule has 0 bridgehead atoms. The Bertz CT molecular complexity index is 882. The lowest BCUT2D eigenvalue weighted by Crippen LogP contribution is -2.48. The molecular formula is C24H29NO4. The summed E-state index contributed by atoms with van der Waals surface area (Å²) < 4.78 is 17.7. The zero-order valence-electron chi connectivity index (χ0n) is 17.4. The minimum absolute atomic E-state index is 0.172. The Morgan fingerprint density at radius 3 is 2.66 bits per heavy atom. The number of carbonyl (C=O) groups excluding carboxylic acids is 1. The molecule has 5 heteroatoms. The molecule has 1 spiro atoms. The van der Waals surface area contributed by atoms with Crippen LogP contribution in [0.3, 0.4) is 0 Å². The summed E-state index contributed by atoms with van der Waals surface area (Å²) in [5.41, 5.74) is 3.06.